The van der Waals surface area contributed by atoms with E-state index in [1.807, 2.05) is 42.5 Å². The topological polar surface area (TPSA) is 47.6 Å². The third-order valence-corrected chi connectivity index (χ3v) is 6.08. The average molecular weight is 384 g/mol. The van der Waals surface area contributed by atoms with Crippen LogP contribution < -0.4 is 5.32 Å². The molecule has 2 heterocycles. The zero-order valence-electron chi connectivity index (χ0n) is 15.0. The molecule has 3 aliphatic rings. The van der Waals surface area contributed by atoms with Crippen molar-refractivity contribution in [1.82, 2.24) is 0 Å². The van der Waals surface area contributed by atoms with Crippen LogP contribution in [0.5, 0.6) is 0 Å². The van der Waals surface area contributed by atoms with Gasteiger partial charge in [0.25, 0.3) is 11.7 Å². The van der Waals surface area contributed by atoms with E-state index >= 15 is 0 Å². The molecule has 2 aromatic rings. The van der Waals surface area contributed by atoms with Crippen molar-refractivity contribution in [3.05, 3.63) is 64.2 Å². The van der Waals surface area contributed by atoms with Crippen LogP contribution in [0.4, 0.5) is 5.69 Å². The second kappa shape index (κ2) is 6.62. The van der Waals surface area contributed by atoms with E-state index < -0.39 is 5.79 Å². The minimum atomic E-state index is -1.30. The number of carbonyl (C=O) groups is 1. The van der Waals surface area contributed by atoms with Gasteiger partial charge in [-0.25, -0.2) is 0 Å². The lowest BCUT2D eigenvalue weighted by atomic mass is 9.98. The van der Waals surface area contributed by atoms with Crippen molar-refractivity contribution in [3.8, 4) is 0 Å². The molecule has 2 aliphatic heterocycles. The summed E-state index contributed by atoms with van der Waals surface area (Å²) < 4.78 is 12.3. The second-order valence-corrected chi connectivity index (χ2v) is 8.18. The summed E-state index contributed by atoms with van der Waals surface area (Å²) in [7, 11) is 0. The number of benzene rings is 2. The van der Waals surface area contributed by atoms with Gasteiger partial charge < -0.3 is 14.8 Å². The van der Waals surface area contributed by atoms with Gasteiger partial charge in [0.2, 0.25) is 0 Å². The van der Waals surface area contributed by atoms with Crippen LogP contribution >= 0.6 is 11.6 Å². The van der Waals surface area contributed by atoms with Gasteiger partial charge in [-0.1, -0.05) is 48.7 Å². The SMILES string of the molecule is O=C1Nc2ccc(Cc3ccccc3Cl)cc2[C@]12OCCC(CC1CC1)O2. The summed E-state index contributed by atoms with van der Waals surface area (Å²) in [6.07, 6.45) is 5.20. The average Bonchev–Trinajstić information content (AvgIpc) is 3.44. The Labute approximate surface area is 163 Å². The van der Waals surface area contributed by atoms with Crippen molar-refractivity contribution >= 4 is 23.2 Å². The van der Waals surface area contributed by atoms with Gasteiger partial charge in [-0.15, -0.1) is 0 Å². The molecule has 1 aliphatic carbocycles. The van der Waals surface area contributed by atoms with E-state index in [0.717, 1.165) is 46.2 Å². The van der Waals surface area contributed by atoms with E-state index in [2.05, 4.69) is 5.32 Å². The van der Waals surface area contributed by atoms with Crippen LogP contribution in [0, 0.1) is 5.92 Å². The van der Waals surface area contributed by atoms with Crippen molar-refractivity contribution in [1.29, 1.82) is 0 Å². The molecule has 1 unspecified atom stereocenters. The molecule has 2 aromatic carbocycles. The summed E-state index contributed by atoms with van der Waals surface area (Å²) in [5.41, 5.74) is 3.70. The van der Waals surface area contributed by atoms with Gasteiger partial charge in [0.1, 0.15) is 0 Å². The molecule has 1 amide bonds. The zero-order valence-corrected chi connectivity index (χ0v) is 15.8. The summed E-state index contributed by atoms with van der Waals surface area (Å²) >= 11 is 6.31. The van der Waals surface area contributed by atoms with Gasteiger partial charge in [-0.2, -0.15) is 0 Å². The van der Waals surface area contributed by atoms with E-state index in [0.29, 0.717) is 13.0 Å². The summed E-state index contributed by atoms with van der Waals surface area (Å²) in [4.78, 5) is 12.8. The second-order valence-electron chi connectivity index (χ2n) is 7.77. The Bertz CT molecular complexity index is 895. The van der Waals surface area contributed by atoms with Crippen LogP contribution in [0.1, 0.15) is 42.4 Å². The number of halogens is 1. The minimum absolute atomic E-state index is 0.0789. The maximum Gasteiger partial charge on any atom is 0.289 e. The number of amides is 1. The summed E-state index contributed by atoms with van der Waals surface area (Å²) in [5.74, 6) is -0.766. The number of nitrogens with one attached hydrogen (secondary N) is 1. The lowest BCUT2D eigenvalue weighted by molar-refractivity contribution is -0.281. The molecular formula is C22H22ClNO3. The Morgan fingerprint density at radius 3 is 2.81 bits per heavy atom. The summed E-state index contributed by atoms with van der Waals surface area (Å²) in [5, 5.41) is 3.68. The molecule has 1 saturated carbocycles. The first-order valence-electron chi connectivity index (χ1n) is 9.64. The highest BCUT2D eigenvalue weighted by Gasteiger charge is 2.53. The summed E-state index contributed by atoms with van der Waals surface area (Å²) in [6, 6.07) is 13.8. The number of ether oxygens (including phenoxy) is 2. The smallest absolute Gasteiger partial charge is 0.289 e. The Balaban J connectivity index is 1.46. The van der Waals surface area contributed by atoms with E-state index in [1.165, 1.54) is 12.8 Å². The predicted molar refractivity (Wildman–Crippen MR) is 104 cm³/mol. The first-order valence-corrected chi connectivity index (χ1v) is 10.0. The Kier molecular flexibility index (Phi) is 4.23. The lowest BCUT2D eigenvalue weighted by Gasteiger charge is -2.37. The molecule has 2 fully saturated rings. The number of anilines is 1. The molecule has 4 nitrogen and oxygen atoms in total. The summed E-state index contributed by atoms with van der Waals surface area (Å²) in [6.45, 7) is 0.541. The maximum absolute atomic E-state index is 12.8. The molecule has 1 spiro atoms. The molecule has 1 N–H and O–H groups in total. The van der Waals surface area contributed by atoms with E-state index in [1.54, 1.807) is 0 Å². The van der Waals surface area contributed by atoms with Gasteiger partial charge >= 0.3 is 0 Å². The maximum atomic E-state index is 12.8. The van der Waals surface area contributed by atoms with Gasteiger partial charge in [0, 0.05) is 10.6 Å². The van der Waals surface area contributed by atoms with Gasteiger partial charge in [-0.3, -0.25) is 4.79 Å². The third-order valence-electron chi connectivity index (χ3n) is 5.71. The van der Waals surface area contributed by atoms with Crippen molar-refractivity contribution in [2.45, 2.75) is 44.0 Å². The van der Waals surface area contributed by atoms with E-state index in [9.17, 15) is 4.79 Å². The molecule has 2 atom stereocenters. The van der Waals surface area contributed by atoms with Crippen molar-refractivity contribution < 1.29 is 14.3 Å². The van der Waals surface area contributed by atoms with Crippen molar-refractivity contribution in [2.24, 2.45) is 5.92 Å². The number of rotatable bonds is 4. The van der Waals surface area contributed by atoms with Gasteiger partial charge in [0.05, 0.1) is 18.4 Å². The number of fused-ring (bicyclic) bond motifs is 2. The van der Waals surface area contributed by atoms with Crippen LogP contribution in [0.2, 0.25) is 5.02 Å². The molecule has 0 bridgehead atoms. The van der Waals surface area contributed by atoms with E-state index in [-0.39, 0.29) is 12.0 Å². The highest BCUT2D eigenvalue weighted by atomic mass is 35.5. The Morgan fingerprint density at radius 2 is 2.00 bits per heavy atom. The standard InChI is InChI=1S/C22H22ClNO3/c23-19-4-2-1-3-16(19)11-15-7-8-20-18(13-15)22(21(25)24-20)26-10-9-17(27-22)12-14-5-6-14/h1-4,7-8,13-14,17H,5-6,9-12H2,(H,24,25)/t17?,22-/m1/s1. The molecular weight excluding hydrogens is 362 g/mol. The van der Waals surface area contributed by atoms with Gasteiger partial charge in [0.15, 0.2) is 0 Å². The van der Waals surface area contributed by atoms with Crippen molar-refractivity contribution in [3.63, 3.8) is 0 Å². The molecule has 27 heavy (non-hydrogen) atoms. The Hall–Kier alpha value is -1.88. The molecule has 140 valence electrons. The molecule has 5 heteroatoms. The van der Waals surface area contributed by atoms with Crippen LogP contribution in [0.25, 0.3) is 0 Å². The molecule has 1 saturated heterocycles. The normalized spacial score (nSPS) is 26.9. The number of hydrogen-bond donors (Lipinski definition) is 1. The molecule has 0 aromatic heterocycles. The van der Waals surface area contributed by atoms with Crippen LogP contribution in [0.3, 0.4) is 0 Å². The zero-order chi connectivity index (χ0) is 18.4. The monoisotopic (exact) mass is 383 g/mol. The molecule has 0 radical (unpaired) electrons. The first kappa shape index (κ1) is 17.2. The lowest BCUT2D eigenvalue weighted by Crippen LogP contribution is -2.47. The van der Waals surface area contributed by atoms with Crippen LogP contribution in [-0.4, -0.2) is 18.6 Å². The highest BCUT2D eigenvalue weighted by Crippen LogP contribution is 2.46. The quantitative estimate of drug-likeness (QED) is 0.836. The van der Waals surface area contributed by atoms with E-state index in [4.69, 9.17) is 21.1 Å². The fourth-order valence-electron chi connectivity index (χ4n) is 4.08. The number of carbonyl (C=O) groups excluding carboxylic acids is 1. The van der Waals surface area contributed by atoms with Gasteiger partial charge in [-0.05, 0) is 54.5 Å². The van der Waals surface area contributed by atoms with Crippen molar-refractivity contribution in [2.75, 3.05) is 11.9 Å². The predicted octanol–water partition coefficient (Wildman–Crippen LogP) is 4.64. The minimum Gasteiger partial charge on any atom is -0.338 e. The van der Waals surface area contributed by atoms with Crippen LogP contribution in [0.15, 0.2) is 42.5 Å². The third kappa shape index (κ3) is 3.16. The Morgan fingerprint density at radius 1 is 1.15 bits per heavy atom. The fourth-order valence-corrected chi connectivity index (χ4v) is 4.29. The largest absolute Gasteiger partial charge is 0.338 e. The fraction of sp³-hybridized carbons (Fsp3) is 0.409. The first-order chi connectivity index (χ1) is 13.1. The number of hydrogen-bond acceptors (Lipinski definition) is 3. The highest BCUT2D eigenvalue weighted by molar-refractivity contribution is 6.31. The molecule has 5 rings (SSSR count). The van der Waals surface area contributed by atoms with Crippen LogP contribution in [-0.2, 0) is 26.5 Å².